The Balaban J connectivity index is 1.78. The topological polar surface area (TPSA) is 84.6 Å². The van der Waals surface area contributed by atoms with Gasteiger partial charge in [0.2, 0.25) is 5.95 Å². The molecule has 1 saturated heterocycles. The number of hydrogen-bond donors (Lipinski definition) is 1. The predicted octanol–water partition coefficient (Wildman–Crippen LogP) is 2.40. The third-order valence-corrected chi connectivity index (χ3v) is 4.86. The molecule has 3 rings (SSSR count). The average Bonchev–Trinajstić information content (AvgIpc) is 2.63. The number of benzene rings is 1. The molecular weight excluding hydrogens is 377 g/mol. The van der Waals surface area contributed by atoms with E-state index in [1.807, 2.05) is 18.2 Å². The number of esters is 1. The summed E-state index contributed by atoms with van der Waals surface area (Å²) in [5.74, 6) is 0.480. The molecule has 0 amide bonds. The van der Waals surface area contributed by atoms with Crippen LogP contribution in [-0.2, 0) is 9.53 Å². The molecule has 7 nitrogen and oxygen atoms in total. The molecule has 1 fully saturated rings. The summed E-state index contributed by atoms with van der Waals surface area (Å²) in [6.07, 6.45) is 0. The van der Waals surface area contributed by atoms with Crippen LogP contribution in [0, 0.1) is 0 Å². The van der Waals surface area contributed by atoms with Crippen LogP contribution < -0.4 is 10.6 Å². The van der Waals surface area contributed by atoms with Gasteiger partial charge in [0, 0.05) is 37.3 Å². The average molecular weight is 396 g/mol. The Morgan fingerprint density at radius 2 is 1.88 bits per heavy atom. The van der Waals surface area contributed by atoms with Crippen LogP contribution in [0.4, 0.5) is 11.8 Å². The van der Waals surface area contributed by atoms with Crippen molar-refractivity contribution in [1.29, 1.82) is 0 Å². The second-order valence-corrected chi connectivity index (χ2v) is 6.67. The van der Waals surface area contributed by atoms with E-state index in [4.69, 9.17) is 33.7 Å². The fourth-order valence-electron chi connectivity index (χ4n) is 3.08. The summed E-state index contributed by atoms with van der Waals surface area (Å²) in [4.78, 5) is 24.6. The summed E-state index contributed by atoms with van der Waals surface area (Å²) in [7, 11) is 1.38. The second-order valence-electron chi connectivity index (χ2n) is 5.88. The monoisotopic (exact) mass is 395 g/mol. The van der Waals surface area contributed by atoms with E-state index in [9.17, 15) is 4.79 Å². The Bertz CT molecular complexity index is 776. The van der Waals surface area contributed by atoms with Crippen molar-refractivity contribution < 1.29 is 9.53 Å². The minimum Gasteiger partial charge on any atom is -0.468 e. The highest BCUT2D eigenvalue weighted by molar-refractivity contribution is 6.31. The van der Waals surface area contributed by atoms with Crippen LogP contribution in [0.1, 0.15) is 11.6 Å². The van der Waals surface area contributed by atoms with E-state index in [2.05, 4.69) is 19.8 Å². The Kier molecular flexibility index (Phi) is 5.80. The van der Waals surface area contributed by atoms with E-state index in [-0.39, 0.29) is 11.9 Å². The van der Waals surface area contributed by atoms with Crippen LogP contribution in [0.2, 0.25) is 10.2 Å². The minimum atomic E-state index is -0.546. The summed E-state index contributed by atoms with van der Waals surface area (Å²) < 4.78 is 5.01. The van der Waals surface area contributed by atoms with Gasteiger partial charge in [-0.1, -0.05) is 41.4 Å². The number of nitrogen functional groups attached to an aromatic ring is 1. The van der Waals surface area contributed by atoms with E-state index in [0.717, 1.165) is 5.56 Å². The van der Waals surface area contributed by atoms with Crippen LogP contribution in [-0.4, -0.2) is 54.1 Å². The highest BCUT2D eigenvalue weighted by Gasteiger charge is 2.32. The van der Waals surface area contributed by atoms with Crippen LogP contribution >= 0.6 is 23.2 Å². The molecule has 1 aliphatic rings. The molecule has 1 aromatic heterocycles. The van der Waals surface area contributed by atoms with Gasteiger partial charge in [0.15, 0.2) is 0 Å². The molecule has 26 heavy (non-hydrogen) atoms. The number of methoxy groups -OCH3 is 1. The fourth-order valence-corrected chi connectivity index (χ4v) is 3.50. The fraction of sp³-hybridized carbons (Fsp3) is 0.353. The third-order valence-electron chi connectivity index (χ3n) is 4.33. The number of aromatic nitrogens is 2. The maximum atomic E-state index is 12.4. The van der Waals surface area contributed by atoms with Crippen molar-refractivity contribution in [2.75, 3.05) is 43.9 Å². The lowest BCUT2D eigenvalue weighted by molar-refractivity contribution is -0.147. The van der Waals surface area contributed by atoms with Crippen molar-refractivity contribution in [2.45, 2.75) is 6.04 Å². The quantitative estimate of drug-likeness (QED) is 0.628. The first-order chi connectivity index (χ1) is 12.5. The molecular formula is C17H19Cl2N5O2. The number of nitrogens with zero attached hydrogens (tertiary/aromatic N) is 4. The zero-order valence-electron chi connectivity index (χ0n) is 14.2. The van der Waals surface area contributed by atoms with E-state index in [0.29, 0.717) is 42.2 Å². The maximum absolute atomic E-state index is 12.4. The van der Waals surface area contributed by atoms with Crippen molar-refractivity contribution in [3.8, 4) is 0 Å². The maximum Gasteiger partial charge on any atom is 0.327 e. The standard InChI is InChI=1S/C17H19Cl2N5O2/c1-26-16(25)15(11-4-2-3-5-12(11)18)24-8-6-23(7-9-24)14-10-13(19)21-17(20)22-14/h2-5,10,15H,6-9H2,1H3,(H2,20,21,22). The molecule has 0 saturated carbocycles. The van der Waals surface area contributed by atoms with Gasteiger partial charge in [-0.25, -0.2) is 9.78 Å². The number of halogens is 2. The molecule has 2 aromatic rings. The Labute approximate surface area is 161 Å². The zero-order valence-corrected chi connectivity index (χ0v) is 15.7. The Hall–Kier alpha value is -2.09. The lowest BCUT2D eigenvalue weighted by Crippen LogP contribution is -2.49. The van der Waals surface area contributed by atoms with Gasteiger partial charge in [0.1, 0.15) is 17.0 Å². The molecule has 0 spiro atoms. The number of anilines is 2. The van der Waals surface area contributed by atoms with E-state index in [1.54, 1.807) is 12.1 Å². The van der Waals surface area contributed by atoms with Gasteiger partial charge in [-0.05, 0) is 11.6 Å². The summed E-state index contributed by atoms with van der Waals surface area (Å²) in [5.41, 5.74) is 6.41. The molecule has 0 aliphatic carbocycles. The van der Waals surface area contributed by atoms with Gasteiger partial charge in [0.05, 0.1) is 7.11 Å². The molecule has 1 unspecified atom stereocenters. The van der Waals surface area contributed by atoms with E-state index < -0.39 is 6.04 Å². The van der Waals surface area contributed by atoms with Gasteiger partial charge < -0.3 is 15.4 Å². The predicted molar refractivity (Wildman–Crippen MR) is 101 cm³/mol. The first-order valence-electron chi connectivity index (χ1n) is 8.11. The molecule has 0 bridgehead atoms. The van der Waals surface area contributed by atoms with Crippen molar-refractivity contribution >= 4 is 40.9 Å². The van der Waals surface area contributed by atoms with Crippen molar-refractivity contribution in [2.24, 2.45) is 0 Å². The Morgan fingerprint density at radius 3 is 2.50 bits per heavy atom. The van der Waals surface area contributed by atoms with E-state index >= 15 is 0 Å². The number of nitrogens with two attached hydrogens (primary N) is 1. The van der Waals surface area contributed by atoms with Gasteiger partial charge in [0.25, 0.3) is 0 Å². The largest absolute Gasteiger partial charge is 0.468 e. The number of hydrogen-bond acceptors (Lipinski definition) is 7. The van der Waals surface area contributed by atoms with E-state index in [1.165, 1.54) is 7.11 Å². The van der Waals surface area contributed by atoms with Gasteiger partial charge in [-0.2, -0.15) is 4.98 Å². The molecule has 2 N–H and O–H groups in total. The normalized spacial score (nSPS) is 16.3. The Morgan fingerprint density at radius 1 is 1.19 bits per heavy atom. The molecule has 1 aliphatic heterocycles. The van der Waals surface area contributed by atoms with Crippen molar-refractivity contribution in [3.63, 3.8) is 0 Å². The highest BCUT2D eigenvalue weighted by Crippen LogP contribution is 2.30. The van der Waals surface area contributed by atoms with Gasteiger partial charge in [-0.15, -0.1) is 0 Å². The van der Waals surface area contributed by atoms with Crippen LogP contribution in [0.25, 0.3) is 0 Å². The van der Waals surface area contributed by atoms with Gasteiger partial charge >= 0.3 is 5.97 Å². The van der Waals surface area contributed by atoms with Gasteiger partial charge in [-0.3, -0.25) is 4.90 Å². The molecule has 1 atom stereocenters. The lowest BCUT2D eigenvalue weighted by atomic mass is 10.0. The molecule has 9 heteroatoms. The van der Waals surface area contributed by atoms with Crippen molar-refractivity contribution in [3.05, 3.63) is 46.1 Å². The number of piperazine rings is 1. The summed E-state index contributed by atoms with van der Waals surface area (Å²) in [5, 5.41) is 0.846. The highest BCUT2D eigenvalue weighted by atomic mass is 35.5. The summed E-state index contributed by atoms with van der Waals surface area (Å²) in [6, 6.07) is 8.45. The van der Waals surface area contributed by atoms with Crippen LogP contribution in [0.3, 0.4) is 0 Å². The van der Waals surface area contributed by atoms with Crippen molar-refractivity contribution in [1.82, 2.24) is 14.9 Å². The number of rotatable bonds is 4. The molecule has 138 valence electrons. The summed E-state index contributed by atoms with van der Waals surface area (Å²) in [6.45, 7) is 2.58. The number of ether oxygens (including phenoxy) is 1. The molecule has 2 heterocycles. The summed E-state index contributed by atoms with van der Waals surface area (Å²) >= 11 is 12.3. The first-order valence-corrected chi connectivity index (χ1v) is 8.86. The second kappa shape index (κ2) is 8.07. The smallest absolute Gasteiger partial charge is 0.327 e. The number of carbonyl (C=O) groups is 1. The molecule has 1 aromatic carbocycles. The zero-order chi connectivity index (χ0) is 18.7. The molecule has 0 radical (unpaired) electrons. The third kappa shape index (κ3) is 4.00. The lowest BCUT2D eigenvalue weighted by Gasteiger charge is -2.38. The first kappa shape index (κ1) is 18.7. The van der Waals surface area contributed by atoms with Crippen LogP contribution in [0.15, 0.2) is 30.3 Å². The minimum absolute atomic E-state index is 0.137. The SMILES string of the molecule is COC(=O)C(c1ccccc1Cl)N1CCN(c2cc(Cl)nc(N)n2)CC1. The number of carbonyl (C=O) groups excluding carboxylic acids is 1. The van der Waals surface area contributed by atoms with Crippen LogP contribution in [0.5, 0.6) is 0 Å².